The summed E-state index contributed by atoms with van der Waals surface area (Å²) in [6, 6.07) is 5.59. The van der Waals surface area contributed by atoms with Crippen LogP contribution in [0.5, 0.6) is 0 Å². The van der Waals surface area contributed by atoms with Crippen molar-refractivity contribution in [1.82, 2.24) is 15.1 Å². The number of nitrogens with zero attached hydrogens (tertiary/aromatic N) is 3. The third-order valence-corrected chi connectivity index (χ3v) is 4.47. The summed E-state index contributed by atoms with van der Waals surface area (Å²) in [5, 5.41) is 13.6. The highest BCUT2D eigenvalue weighted by atomic mass is 16.6. The summed E-state index contributed by atoms with van der Waals surface area (Å²) in [6.07, 6.45) is 1.40. The number of carbonyl (C=O) groups excluding carboxylic acids is 2. The Morgan fingerprint density at radius 3 is 2.24 bits per heavy atom. The Balaban J connectivity index is 1.86. The number of non-ortho nitro benzene ring substituents is 1. The second-order valence-corrected chi connectivity index (χ2v) is 5.99. The maximum atomic E-state index is 12.3. The molecule has 0 saturated carbocycles. The molecule has 25 heavy (non-hydrogen) atoms. The van der Waals surface area contributed by atoms with Crippen molar-refractivity contribution in [2.45, 2.75) is 32.7 Å². The van der Waals surface area contributed by atoms with Crippen LogP contribution in [-0.4, -0.2) is 58.9 Å². The predicted molar refractivity (Wildman–Crippen MR) is 93.5 cm³/mol. The Bertz CT molecular complexity index is 620. The molecule has 0 unspecified atom stereocenters. The molecule has 1 aliphatic rings. The number of carbonyl (C=O) groups is 2. The zero-order chi connectivity index (χ0) is 18.4. The minimum atomic E-state index is -0.496. The molecule has 0 spiro atoms. The van der Waals surface area contributed by atoms with Crippen LogP contribution in [0.15, 0.2) is 24.3 Å². The molecule has 0 radical (unpaired) electrons. The van der Waals surface area contributed by atoms with Crippen molar-refractivity contribution in [2.24, 2.45) is 0 Å². The standard InChI is InChI=1S/C17H24N4O4/c1-3-19(4-2)17(23)20-11-9-14(10-12-20)18-16(22)13-5-7-15(8-6-13)21(24)25/h5-8,14H,3-4,9-12H2,1-2H3,(H,18,22). The number of likely N-dealkylation sites (tertiary alicyclic amines) is 1. The number of amides is 3. The zero-order valence-corrected chi connectivity index (χ0v) is 14.6. The van der Waals surface area contributed by atoms with Gasteiger partial charge in [0.2, 0.25) is 0 Å². The Morgan fingerprint density at radius 2 is 1.76 bits per heavy atom. The highest BCUT2D eigenvalue weighted by Crippen LogP contribution is 2.15. The van der Waals surface area contributed by atoms with E-state index in [0.717, 1.165) is 0 Å². The molecule has 1 aromatic carbocycles. The number of piperidine rings is 1. The first-order valence-corrected chi connectivity index (χ1v) is 8.55. The van der Waals surface area contributed by atoms with Crippen LogP contribution in [0.2, 0.25) is 0 Å². The largest absolute Gasteiger partial charge is 0.349 e. The molecule has 0 atom stereocenters. The maximum absolute atomic E-state index is 12.3. The number of nitro benzene ring substituents is 1. The topological polar surface area (TPSA) is 95.8 Å². The smallest absolute Gasteiger partial charge is 0.319 e. The van der Waals surface area contributed by atoms with Gasteiger partial charge in [-0.05, 0) is 38.8 Å². The number of hydrogen-bond donors (Lipinski definition) is 1. The molecule has 1 N–H and O–H groups in total. The fourth-order valence-electron chi connectivity index (χ4n) is 2.91. The van der Waals surface area contributed by atoms with Crippen LogP contribution >= 0.6 is 0 Å². The Hall–Kier alpha value is -2.64. The lowest BCUT2D eigenvalue weighted by atomic mass is 10.0. The quantitative estimate of drug-likeness (QED) is 0.652. The summed E-state index contributed by atoms with van der Waals surface area (Å²) in [5.74, 6) is -0.247. The van der Waals surface area contributed by atoms with Gasteiger partial charge in [-0.25, -0.2) is 4.79 Å². The minimum Gasteiger partial charge on any atom is -0.349 e. The molecule has 1 heterocycles. The number of nitrogens with one attached hydrogen (secondary N) is 1. The molecule has 1 aliphatic heterocycles. The summed E-state index contributed by atoms with van der Waals surface area (Å²) < 4.78 is 0. The monoisotopic (exact) mass is 348 g/mol. The van der Waals surface area contributed by atoms with Gasteiger partial charge in [0.25, 0.3) is 11.6 Å². The first-order chi connectivity index (χ1) is 12.0. The van der Waals surface area contributed by atoms with E-state index < -0.39 is 4.92 Å². The second-order valence-electron chi connectivity index (χ2n) is 5.99. The van der Waals surface area contributed by atoms with Gasteiger partial charge in [0.15, 0.2) is 0 Å². The van der Waals surface area contributed by atoms with Crippen LogP contribution in [0.1, 0.15) is 37.0 Å². The van der Waals surface area contributed by atoms with Crippen molar-refractivity contribution >= 4 is 17.6 Å². The van der Waals surface area contributed by atoms with Gasteiger partial charge in [-0.15, -0.1) is 0 Å². The fourth-order valence-corrected chi connectivity index (χ4v) is 2.91. The average molecular weight is 348 g/mol. The molecule has 3 amide bonds. The normalized spacial score (nSPS) is 14.9. The van der Waals surface area contributed by atoms with Gasteiger partial charge in [-0.1, -0.05) is 0 Å². The van der Waals surface area contributed by atoms with E-state index in [4.69, 9.17) is 0 Å². The van der Waals surface area contributed by atoms with Crippen LogP contribution < -0.4 is 5.32 Å². The lowest BCUT2D eigenvalue weighted by molar-refractivity contribution is -0.384. The molecule has 1 aromatic rings. The summed E-state index contributed by atoms with van der Waals surface area (Å²) in [7, 11) is 0. The van der Waals surface area contributed by atoms with Gasteiger partial charge >= 0.3 is 6.03 Å². The van der Waals surface area contributed by atoms with E-state index in [1.165, 1.54) is 24.3 Å². The van der Waals surface area contributed by atoms with E-state index >= 15 is 0 Å². The third kappa shape index (κ3) is 4.68. The highest BCUT2D eigenvalue weighted by molar-refractivity contribution is 5.94. The van der Waals surface area contributed by atoms with Crippen LogP contribution in [0, 0.1) is 10.1 Å². The van der Waals surface area contributed by atoms with Gasteiger partial charge in [-0.3, -0.25) is 14.9 Å². The highest BCUT2D eigenvalue weighted by Gasteiger charge is 2.26. The van der Waals surface area contributed by atoms with Gasteiger partial charge in [0, 0.05) is 49.9 Å². The van der Waals surface area contributed by atoms with E-state index in [-0.39, 0.29) is 23.7 Å². The summed E-state index contributed by atoms with van der Waals surface area (Å²) in [4.78, 5) is 38.3. The van der Waals surface area contributed by atoms with Crippen LogP contribution in [0.25, 0.3) is 0 Å². The lowest BCUT2D eigenvalue weighted by Crippen LogP contribution is -2.50. The first kappa shape index (κ1) is 18.7. The molecule has 2 rings (SSSR count). The van der Waals surface area contributed by atoms with Crippen molar-refractivity contribution in [3.63, 3.8) is 0 Å². The summed E-state index contributed by atoms with van der Waals surface area (Å²) in [5.41, 5.74) is 0.354. The maximum Gasteiger partial charge on any atom is 0.319 e. The molecule has 8 nitrogen and oxygen atoms in total. The molecule has 8 heteroatoms. The summed E-state index contributed by atoms with van der Waals surface area (Å²) in [6.45, 7) is 6.51. The molecule has 0 aliphatic carbocycles. The van der Waals surface area contributed by atoms with Gasteiger partial charge in [0.05, 0.1) is 4.92 Å². The first-order valence-electron chi connectivity index (χ1n) is 8.55. The van der Waals surface area contributed by atoms with E-state index in [9.17, 15) is 19.7 Å². The van der Waals surface area contributed by atoms with Crippen molar-refractivity contribution < 1.29 is 14.5 Å². The number of nitro groups is 1. The van der Waals surface area contributed by atoms with Crippen LogP contribution in [0.3, 0.4) is 0 Å². The van der Waals surface area contributed by atoms with Crippen molar-refractivity contribution in [2.75, 3.05) is 26.2 Å². The second kappa shape index (κ2) is 8.46. The van der Waals surface area contributed by atoms with Gasteiger partial charge in [-0.2, -0.15) is 0 Å². The van der Waals surface area contributed by atoms with Crippen molar-refractivity contribution in [3.05, 3.63) is 39.9 Å². The molecule has 1 fully saturated rings. The Labute approximate surface area is 146 Å². The number of rotatable bonds is 5. The Kier molecular flexibility index (Phi) is 6.32. The average Bonchev–Trinajstić information content (AvgIpc) is 2.63. The van der Waals surface area contributed by atoms with Crippen LogP contribution in [-0.2, 0) is 0 Å². The van der Waals surface area contributed by atoms with E-state index in [1.807, 2.05) is 18.7 Å². The van der Waals surface area contributed by atoms with Gasteiger partial charge in [0.1, 0.15) is 0 Å². The SMILES string of the molecule is CCN(CC)C(=O)N1CCC(NC(=O)c2ccc([N+](=O)[O-])cc2)CC1. The number of urea groups is 1. The van der Waals surface area contributed by atoms with Gasteiger partial charge < -0.3 is 15.1 Å². The van der Waals surface area contributed by atoms with E-state index in [2.05, 4.69) is 5.32 Å². The van der Waals surface area contributed by atoms with Crippen LogP contribution in [0.4, 0.5) is 10.5 Å². The zero-order valence-electron chi connectivity index (χ0n) is 14.6. The number of hydrogen-bond acceptors (Lipinski definition) is 4. The molecular formula is C17H24N4O4. The molecule has 1 saturated heterocycles. The van der Waals surface area contributed by atoms with Crippen molar-refractivity contribution in [1.29, 1.82) is 0 Å². The fraction of sp³-hybridized carbons (Fsp3) is 0.529. The van der Waals surface area contributed by atoms with E-state index in [1.54, 1.807) is 4.90 Å². The molecule has 0 aromatic heterocycles. The minimum absolute atomic E-state index is 0.00319. The summed E-state index contributed by atoms with van der Waals surface area (Å²) >= 11 is 0. The predicted octanol–water partition coefficient (Wildman–Crippen LogP) is 2.25. The van der Waals surface area contributed by atoms with E-state index in [0.29, 0.717) is 44.6 Å². The molecular weight excluding hydrogens is 324 g/mol. The Morgan fingerprint density at radius 1 is 1.20 bits per heavy atom. The lowest BCUT2D eigenvalue weighted by Gasteiger charge is -2.35. The van der Waals surface area contributed by atoms with Crippen molar-refractivity contribution in [3.8, 4) is 0 Å². The third-order valence-electron chi connectivity index (χ3n) is 4.47. The molecule has 136 valence electrons. The number of benzene rings is 1. The molecule has 0 bridgehead atoms.